The van der Waals surface area contributed by atoms with E-state index in [1.54, 1.807) is 6.07 Å². The molecule has 11 heteroatoms. The van der Waals surface area contributed by atoms with Gasteiger partial charge >= 0.3 is 0 Å². The maximum atomic E-state index is 14.3. The summed E-state index contributed by atoms with van der Waals surface area (Å²) in [5.74, 6) is -1.89. The quantitative estimate of drug-likeness (QED) is 0.0855. The Morgan fingerprint density at radius 3 is 1.86 bits per heavy atom. The molecular formula is C45H38F2N6O3. The van der Waals surface area contributed by atoms with Gasteiger partial charge in [0, 0.05) is 49.4 Å². The number of hydrogen-bond acceptors (Lipinski definition) is 6. The van der Waals surface area contributed by atoms with Gasteiger partial charge in [-0.15, -0.1) is 0 Å². The van der Waals surface area contributed by atoms with Gasteiger partial charge < -0.3 is 15.1 Å². The molecule has 1 aromatic heterocycles. The fraction of sp³-hybridized carbons (Fsp3) is 0.156. The van der Waals surface area contributed by atoms with Crippen LogP contribution in [-0.4, -0.2) is 58.7 Å². The summed E-state index contributed by atoms with van der Waals surface area (Å²) in [4.78, 5) is 30.5. The second kappa shape index (κ2) is 15.2. The fourth-order valence-electron chi connectivity index (χ4n) is 7.78. The van der Waals surface area contributed by atoms with E-state index in [4.69, 9.17) is 5.10 Å². The van der Waals surface area contributed by atoms with E-state index in [-0.39, 0.29) is 23.5 Å². The number of likely N-dealkylation sites (N-methyl/N-ethyl adjacent to an activating group) is 1. The number of hydrogen-bond donors (Lipinski definition) is 1. The maximum absolute atomic E-state index is 14.3. The first-order chi connectivity index (χ1) is 27.2. The molecule has 0 unspecified atom stereocenters. The number of carbonyl (C=O) groups is 1. The van der Waals surface area contributed by atoms with Crippen molar-refractivity contribution in [2.45, 2.75) is 12.0 Å². The SMILES string of the molecule is CN1CCN(c2ccc(C(=O)Nc3nn(C(c4ccccc4)(c4ccccc4)c4ccccc4)c4ccc(Cc5cc(F)cc(F)c5)cc34)c([N+](=O)[O-])c2)CC1. The summed E-state index contributed by atoms with van der Waals surface area (Å²) in [6.07, 6.45) is 0.198. The summed E-state index contributed by atoms with van der Waals surface area (Å²) in [5, 5.41) is 21.1. The van der Waals surface area contributed by atoms with Gasteiger partial charge in [-0.05, 0) is 77.7 Å². The standard InChI is InChI=1S/C45H38F2N6O3/c1-50-21-23-51(24-22-50)38-18-19-39(42(30-38)53(55)56)44(54)48-43-40-28-31(25-32-26-36(46)29-37(47)27-32)17-20-41(40)52(49-43)45(33-11-5-2-6-12-33,34-13-7-3-8-14-34)35-15-9-4-10-16-35/h2-20,26-30H,21-25H2,1H3,(H,48,49,54). The predicted molar refractivity (Wildman–Crippen MR) is 214 cm³/mol. The molecule has 1 N–H and O–H groups in total. The second-order valence-electron chi connectivity index (χ2n) is 14.1. The third kappa shape index (κ3) is 6.88. The molecule has 0 atom stereocenters. The van der Waals surface area contributed by atoms with Crippen molar-refractivity contribution in [2.24, 2.45) is 0 Å². The van der Waals surface area contributed by atoms with E-state index < -0.39 is 28.0 Å². The van der Waals surface area contributed by atoms with Crippen molar-refractivity contribution in [2.75, 3.05) is 43.4 Å². The molecule has 1 saturated heterocycles. The van der Waals surface area contributed by atoms with Gasteiger partial charge in [-0.1, -0.05) is 97.1 Å². The number of halogens is 2. The molecule has 6 aromatic carbocycles. The minimum absolute atomic E-state index is 0.109. The Hall–Kier alpha value is -6.72. The first-order valence-electron chi connectivity index (χ1n) is 18.4. The summed E-state index contributed by atoms with van der Waals surface area (Å²) in [6, 6.07) is 43.5. The number of fused-ring (bicyclic) bond motifs is 1. The number of amides is 1. The minimum atomic E-state index is -1.06. The van der Waals surface area contributed by atoms with Crippen LogP contribution in [0, 0.1) is 21.7 Å². The number of nitrogens with zero attached hydrogens (tertiary/aromatic N) is 5. The lowest BCUT2D eigenvalue weighted by atomic mass is 9.77. The average Bonchev–Trinajstić information content (AvgIpc) is 3.56. The normalized spacial score (nSPS) is 13.5. The van der Waals surface area contributed by atoms with Gasteiger partial charge in [0.2, 0.25) is 0 Å². The van der Waals surface area contributed by atoms with E-state index in [0.29, 0.717) is 40.8 Å². The molecule has 1 fully saturated rings. The second-order valence-corrected chi connectivity index (χ2v) is 14.1. The molecule has 56 heavy (non-hydrogen) atoms. The van der Waals surface area contributed by atoms with Crippen molar-refractivity contribution >= 4 is 34.0 Å². The van der Waals surface area contributed by atoms with Gasteiger partial charge in [0.05, 0.1) is 10.4 Å². The van der Waals surface area contributed by atoms with Crippen molar-refractivity contribution in [3.63, 3.8) is 0 Å². The molecule has 0 spiro atoms. The topological polar surface area (TPSA) is 96.5 Å². The van der Waals surface area contributed by atoms with Crippen LogP contribution in [0.4, 0.5) is 26.0 Å². The highest BCUT2D eigenvalue weighted by Gasteiger charge is 2.41. The molecule has 2 heterocycles. The van der Waals surface area contributed by atoms with Crippen LogP contribution in [0.3, 0.4) is 0 Å². The zero-order chi connectivity index (χ0) is 38.8. The molecular weight excluding hydrogens is 711 g/mol. The van der Waals surface area contributed by atoms with Crippen LogP contribution < -0.4 is 10.2 Å². The van der Waals surface area contributed by atoms with Crippen molar-refractivity contribution < 1.29 is 18.5 Å². The van der Waals surface area contributed by atoms with Crippen LogP contribution in [0.1, 0.15) is 38.2 Å². The summed E-state index contributed by atoms with van der Waals surface area (Å²) in [7, 11) is 2.03. The fourth-order valence-corrected chi connectivity index (χ4v) is 7.78. The van der Waals surface area contributed by atoms with Crippen molar-refractivity contribution in [1.29, 1.82) is 0 Å². The summed E-state index contributed by atoms with van der Waals surface area (Å²) >= 11 is 0. The molecule has 0 radical (unpaired) electrons. The van der Waals surface area contributed by atoms with Crippen LogP contribution >= 0.6 is 0 Å². The average molecular weight is 749 g/mol. The Morgan fingerprint density at radius 2 is 1.30 bits per heavy atom. The van der Waals surface area contributed by atoms with Crippen LogP contribution in [0.25, 0.3) is 10.9 Å². The molecule has 0 bridgehead atoms. The third-order valence-electron chi connectivity index (χ3n) is 10.5. The zero-order valence-electron chi connectivity index (χ0n) is 30.6. The van der Waals surface area contributed by atoms with Gasteiger partial charge in [-0.2, -0.15) is 5.10 Å². The van der Waals surface area contributed by atoms with E-state index in [1.807, 2.05) is 121 Å². The van der Waals surface area contributed by atoms with Crippen LogP contribution in [0.15, 0.2) is 146 Å². The number of anilines is 2. The van der Waals surface area contributed by atoms with Gasteiger partial charge in [-0.3, -0.25) is 14.9 Å². The number of nitro groups is 1. The Labute approximate surface area is 322 Å². The highest BCUT2D eigenvalue weighted by Crippen LogP contribution is 2.44. The summed E-state index contributed by atoms with van der Waals surface area (Å²) in [5.41, 5.74) is 3.67. The third-order valence-corrected chi connectivity index (χ3v) is 10.5. The van der Waals surface area contributed by atoms with Gasteiger partial charge in [-0.25, -0.2) is 13.5 Å². The monoisotopic (exact) mass is 748 g/mol. The summed E-state index contributed by atoms with van der Waals surface area (Å²) < 4.78 is 30.4. The van der Waals surface area contributed by atoms with Crippen molar-refractivity contribution in [3.8, 4) is 0 Å². The Kier molecular flexibility index (Phi) is 9.84. The van der Waals surface area contributed by atoms with Gasteiger partial charge in [0.15, 0.2) is 5.82 Å². The summed E-state index contributed by atoms with van der Waals surface area (Å²) in [6.45, 7) is 3.05. The molecule has 1 amide bonds. The highest BCUT2D eigenvalue weighted by atomic mass is 19.1. The van der Waals surface area contributed by atoms with Crippen LogP contribution in [-0.2, 0) is 12.0 Å². The Balaban J connectivity index is 1.31. The predicted octanol–water partition coefficient (Wildman–Crippen LogP) is 8.66. The van der Waals surface area contributed by atoms with E-state index >= 15 is 0 Å². The molecule has 280 valence electrons. The Bertz CT molecular complexity index is 2420. The maximum Gasteiger partial charge on any atom is 0.284 e. The van der Waals surface area contributed by atoms with Gasteiger partial charge in [0.25, 0.3) is 11.6 Å². The number of rotatable bonds is 10. The lowest BCUT2D eigenvalue weighted by Crippen LogP contribution is -2.44. The lowest BCUT2D eigenvalue weighted by Gasteiger charge is -2.37. The minimum Gasteiger partial charge on any atom is -0.369 e. The van der Waals surface area contributed by atoms with E-state index in [9.17, 15) is 23.7 Å². The number of piperazine rings is 1. The molecule has 9 nitrogen and oxygen atoms in total. The first kappa shape index (κ1) is 36.3. The van der Waals surface area contributed by atoms with E-state index in [0.717, 1.165) is 35.8 Å². The molecule has 0 saturated carbocycles. The molecule has 7 aromatic rings. The number of aromatic nitrogens is 2. The number of carbonyl (C=O) groups excluding carboxylic acids is 1. The van der Waals surface area contributed by atoms with Crippen LogP contribution in [0.5, 0.6) is 0 Å². The molecule has 0 aliphatic carbocycles. The van der Waals surface area contributed by atoms with E-state index in [1.165, 1.54) is 24.3 Å². The largest absolute Gasteiger partial charge is 0.369 e. The first-order valence-corrected chi connectivity index (χ1v) is 18.4. The lowest BCUT2D eigenvalue weighted by molar-refractivity contribution is -0.385. The number of nitrogens with one attached hydrogen (secondary N) is 1. The van der Waals surface area contributed by atoms with Crippen molar-refractivity contribution in [3.05, 3.63) is 201 Å². The highest BCUT2D eigenvalue weighted by molar-refractivity contribution is 6.10. The smallest absolute Gasteiger partial charge is 0.284 e. The number of benzene rings is 6. The molecule has 8 rings (SSSR count). The zero-order valence-corrected chi connectivity index (χ0v) is 30.6. The van der Waals surface area contributed by atoms with E-state index in [2.05, 4.69) is 15.1 Å². The van der Waals surface area contributed by atoms with Crippen LogP contribution in [0.2, 0.25) is 0 Å². The molecule has 1 aliphatic heterocycles. The Morgan fingerprint density at radius 1 is 0.732 bits per heavy atom. The number of nitro benzene ring substituents is 1. The molecule has 1 aliphatic rings. The van der Waals surface area contributed by atoms with Crippen molar-refractivity contribution in [1.82, 2.24) is 14.7 Å². The van der Waals surface area contributed by atoms with Gasteiger partial charge in [0.1, 0.15) is 22.7 Å².